The van der Waals surface area contributed by atoms with Crippen molar-refractivity contribution < 1.29 is 19.1 Å². The summed E-state index contributed by atoms with van der Waals surface area (Å²) in [5.41, 5.74) is -0.863. The molecule has 4 heteroatoms. The van der Waals surface area contributed by atoms with Gasteiger partial charge in [-0.1, -0.05) is 34.6 Å². The smallest absolute Gasteiger partial charge is 0.348 e. The van der Waals surface area contributed by atoms with Crippen LogP contribution in [0.4, 0.5) is 0 Å². The molecule has 0 aromatic rings. The lowest BCUT2D eigenvalue weighted by Gasteiger charge is -2.25. The molecule has 1 heterocycles. The highest BCUT2D eigenvalue weighted by molar-refractivity contribution is 5.86. The minimum atomic E-state index is -0.759. The highest BCUT2D eigenvalue weighted by Gasteiger charge is 2.67. The molecule has 102 valence electrons. The lowest BCUT2D eigenvalue weighted by atomic mass is 9.89. The Morgan fingerprint density at radius 1 is 1.39 bits per heavy atom. The standard InChI is InChI=1S/C14H22O4/c1-6-14(7-13(14,4)5)11(16)18-9-10(15)17-8-12(9,2)3/h9H,6-8H2,1-5H3. The van der Waals surface area contributed by atoms with Crippen LogP contribution >= 0.6 is 0 Å². The largest absolute Gasteiger partial charge is 0.462 e. The Morgan fingerprint density at radius 3 is 2.28 bits per heavy atom. The molecule has 1 saturated heterocycles. The zero-order chi connectivity index (χ0) is 13.8. The van der Waals surface area contributed by atoms with E-state index in [-0.39, 0.29) is 11.4 Å². The second-order valence-electron chi connectivity index (χ2n) is 6.88. The van der Waals surface area contributed by atoms with Crippen molar-refractivity contribution in [2.75, 3.05) is 6.61 Å². The van der Waals surface area contributed by atoms with Gasteiger partial charge in [0.2, 0.25) is 6.10 Å². The van der Waals surface area contributed by atoms with E-state index in [0.29, 0.717) is 6.61 Å². The van der Waals surface area contributed by atoms with Crippen LogP contribution in [0.2, 0.25) is 0 Å². The van der Waals surface area contributed by atoms with Gasteiger partial charge in [0.1, 0.15) is 6.61 Å². The van der Waals surface area contributed by atoms with Gasteiger partial charge >= 0.3 is 11.9 Å². The summed E-state index contributed by atoms with van der Waals surface area (Å²) >= 11 is 0. The second kappa shape index (κ2) is 3.72. The molecule has 0 radical (unpaired) electrons. The van der Waals surface area contributed by atoms with Gasteiger partial charge in [-0.15, -0.1) is 0 Å². The number of carbonyl (C=O) groups is 2. The van der Waals surface area contributed by atoms with Gasteiger partial charge in [-0.05, 0) is 18.3 Å². The molecule has 0 aromatic carbocycles. The van der Waals surface area contributed by atoms with Gasteiger partial charge in [0.05, 0.1) is 5.41 Å². The highest BCUT2D eigenvalue weighted by atomic mass is 16.6. The molecule has 2 aliphatic rings. The third-order valence-electron chi connectivity index (χ3n) is 4.64. The monoisotopic (exact) mass is 254 g/mol. The summed E-state index contributed by atoms with van der Waals surface area (Å²) in [7, 11) is 0. The first-order chi connectivity index (χ1) is 8.16. The topological polar surface area (TPSA) is 52.6 Å². The number of rotatable bonds is 3. The molecule has 0 spiro atoms. The van der Waals surface area contributed by atoms with Crippen LogP contribution < -0.4 is 0 Å². The third-order valence-corrected chi connectivity index (χ3v) is 4.64. The fraction of sp³-hybridized carbons (Fsp3) is 0.857. The maximum Gasteiger partial charge on any atom is 0.348 e. The molecule has 18 heavy (non-hydrogen) atoms. The second-order valence-corrected chi connectivity index (χ2v) is 6.88. The van der Waals surface area contributed by atoms with Gasteiger partial charge in [-0.3, -0.25) is 4.79 Å². The number of cyclic esters (lactones) is 1. The van der Waals surface area contributed by atoms with Crippen molar-refractivity contribution in [2.45, 2.75) is 53.6 Å². The maximum absolute atomic E-state index is 12.3. The summed E-state index contributed by atoms with van der Waals surface area (Å²) in [5, 5.41) is 0. The number of carbonyl (C=O) groups excluding carboxylic acids is 2. The van der Waals surface area contributed by atoms with E-state index in [4.69, 9.17) is 9.47 Å². The number of esters is 2. The van der Waals surface area contributed by atoms with Crippen LogP contribution in [0, 0.1) is 16.2 Å². The van der Waals surface area contributed by atoms with Gasteiger partial charge < -0.3 is 9.47 Å². The van der Waals surface area contributed by atoms with E-state index in [9.17, 15) is 9.59 Å². The van der Waals surface area contributed by atoms with Crippen molar-refractivity contribution in [3.05, 3.63) is 0 Å². The summed E-state index contributed by atoms with van der Waals surface area (Å²) in [6.07, 6.45) is 0.822. The van der Waals surface area contributed by atoms with E-state index in [1.807, 2.05) is 20.8 Å². The Balaban J connectivity index is 2.11. The first-order valence-electron chi connectivity index (χ1n) is 6.54. The average Bonchev–Trinajstić information content (AvgIpc) is 2.76. The summed E-state index contributed by atoms with van der Waals surface area (Å²) in [5.74, 6) is -0.662. The van der Waals surface area contributed by atoms with E-state index in [1.54, 1.807) is 0 Å². The van der Waals surface area contributed by atoms with Crippen LogP contribution in [-0.2, 0) is 19.1 Å². The van der Waals surface area contributed by atoms with Crippen molar-refractivity contribution in [1.29, 1.82) is 0 Å². The van der Waals surface area contributed by atoms with Crippen LogP contribution in [0.5, 0.6) is 0 Å². The van der Waals surface area contributed by atoms with Crippen molar-refractivity contribution in [1.82, 2.24) is 0 Å². The molecular formula is C14H22O4. The summed E-state index contributed by atoms with van der Waals surface area (Å²) in [6.45, 7) is 10.2. The molecule has 1 aliphatic heterocycles. The molecule has 2 unspecified atom stereocenters. The SMILES string of the molecule is CCC1(C(=O)OC2C(=O)OCC2(C)C)CC1(C)C. The van der Waals surface area contributed by atoms with E-state index in [1.165, 1.54) is 0 Å². The predicted molar refractivity (Wildman–Crippen MR) is 65.7 cm³/mol. The number of hydrogen-bond donors (Lipinski definition) is 0. The van der Waals surface area contributed by atoms with Crippen LogP contribution in [-0.4, -0.2) is 24.6 Å². The molecule has 0 aromatic heterocycles. The van der Waals surface area contributed by atoms with Crippen molar-refractivity contribution in [3.8, 4) is 0 Å². The van der Waals surface area contributed by atoms with Crippen LogP contribution in [0.25, 0.3) is 0 Å². The quantitative estimate of drug-likeness (QED) is 0.725. The predicted octanol–water partition coefficient (Wildman–Crippen LogP) is 2.31. The first-order valence-corrected chi connectivity index (χ1v) is 6.54. The lowest BCUT2D eigenvalue weighted by molar-refractivity contribution is -0.168. The zero-order valence-electron chi connectivity index (χ0n) is 11.8. The van der Waals surface area contributed by atoms with Crippen molar-refractivity contribution in [3.63, 3.8) is 0 Å². The Kier molecular flexibility index (Phi) is 2.76. The van der Waals surface area contributed by atoms with Crippen molar-refractivity contribution >= 4 is 11.9 Å². The van der Waals surface area contributed by atoms with Gasteiger partial charge in [0, 0.05) is 5.41 Å². The fourth-order valence-corrected chi connectivity index (χ4v) is 2.96. The lowest BCUT2D eigenvalue weighted by Crippen LogP contribution is -2.38. The van der Waals surface area contributed by atoms with E-state index in [2.05, 4.69) is 13.8 Å². The first kappa shape index (κ1) is 13.4. The molecule has 4 nitrogen and oxygen atoms in total. The zero-order valence-corrected chi connectivity index (χ0v) is 11.8. The van der Waals surface area contributed by atoms with E-state index in [0.717, 1.165) is 12.8 Å². The van der Waals surface area contributed by atoms with Crippen LogP contribution in [0.3, 0.4) is 0 Å². The minimum absolute atomic E-state index is 0.0223. The van der Waals surface area contributed by atoms with Crippen LogP contribution in [0.15, 0.2) is 0 Å². The summed E-state index contributed by atoms with van der Waals surface area (Å²) in [6, 6.07) is 0. The molecule has 1 aliphatic carbocycles. The van der Waals surface area contributed by atoms with Gasteiger partial charge in [0.25, 0.3) is 0 Å². The molecule has 2 rings (SSSR count). The van der Waals surface area contributed by atoms with E-state index >= 15 is 0 Å². The Morgan fingerprint density at radius 2 is 1.94 bits per heavy atom. The van der Waals surface area contributed by atoms with Crippen molar-refractivity contribution in [2.24, 2.45) is 16.2 Å². The van der Waals surface area contributed by atoms with Crippen LogP contribution in [0.1, 0.15) is 47.5 Å². The molecular weight excluding hydrogens is 232 g/mol. The summed E-state index contributed by atoms with van der Waals surface area (Å²) in [4.78, 5) is 24.0. The summed E-state index contributed by atoms with van der Waals surface area (Å²) < 4.78 is 10.5. The fourth-order valence-electron chi connectivity index (χ4n) is 2.96. The molecule has 2 fully saturated rings. The molecule has 1 saturated carbocycles. The van der Waals surface area contributed by atoms with Gasteiger partial charge in [-0.25, -0.2) is 4.79 Å². The highest BCUT2D eigenvalue weighted by Crippen LogP contribution is 2.66. The molecule has 0 bridgehead atoms. The molecule has 2 atom stereocenters. The molecule has 0 amide bonds. The van der Waals surface area contributed by atoms with E-state index < -0.39 is 22.9 Å². The average molecular weight is 254 g/mol. The Hall–Kier alpha value is -1.06. The third kappa shape index (κ3) is 1.73. The molecule has 0 N–H and O–H groups in total. The minimum Gasteiger partial charge on any atom is -0.462 e. The maximum atomic E-state index is 12.3. The van der Waals surface area contributed by atoms with Gasteiger partial charge in [-0.2, -0.15) is 0 Å². The Labute approximate surface area is 108 Å². The normalized spacial score (nSPS) is 36.1. The number of ether oxygens (including phenoxy) is 2. The Bertz CT molecular complexity index is 397. The number of hydrogen-bond acceptors (Lipinski definition) is 4. The van der Waals surface area contributed by atoms with Gasteiger partial charge in [0.15, 0.2) is 0 Å².